The number of rotatable bonds is 3. The molecule has 1 atom stereocenters. The van der Waals surface area contributed by atoms with Gasteiger partial charge in [-0.05, 0) is 60.2 Å². The van der Waals surface area contributed by atoms with E-state index in [-0.39, 0.29) is 12.1 Å². The monoisotopic (exact) mass is 419 g/mol. The number of H-pyrrole nitrogens is 1. The molecule has 1 saturated heterocycles. The smallest absolute Gasteiger partial charge is 0.317 e. The van der Waals surface area contributed by atoms with E-state index in [2.05, 4.69) is 45.7 Å². The average Bonchev–Trinajstić information content (AvgIpc) is 3.18. The molecule has 0 aliphatic carbocycles. The summed E-state index contributed by atoms with van der Waals surface area (Å²) in [6.07, 6.45) is 4.79. The van der Waals surface area contributed by atoms with E-state index in [0.29, 0.717) is 19.7 Å². The van der Waals surface area contributed by atoms with Crippen molar-refractivity contribution in [3.8, 4) is 11.1 Å². The van der Waals surface area contributed by atoms with E-state index >= 15 is 0 Å². The van der Waals surface area contributed by atoms with Crippen LogP contribution < -0.4 is 10.6 Å². The Balaban J connectivity index is 1.57. The Bertz CT molecular complexity index is 1120. The van der Waals surface area contributed by atoms with Gasteiger partial charge in [-0.25, -0.2) is 9.78 Å². The standard InChI is InChI=1S/C24H29N5O2/c1-3-25-24(30)29-6-4-16-8-17(18-10-19-15(2)11-27-23(19)28-12-18)9-20(21(16)13-29)22-14-31-7-5-26-22/h8-12,22,26H,3-7,13-14H2,1-2H3,(H,25,30)(H,27,28)/t22-/m0/s1. The molecule has 2 aliphatic rings. The molecule has 7 heteroatoms. The van der Waals surface area contributed by atoms with Crippen LogP contribution in [0.3, 0.4) is 0 Å². The molecule has 31 heavy (non-hydrogen) atoms. The van der Waals surface area contributed by atoms with Crippen LogP contribution in [0.5, 0.6) is 0 Å². The third-order valence-corrected chi connectivity index (χ3v) is 6.36. The molecule has 162 valence electrons. The number of aryl methyl sites for hydroxylation is 1. The zero-order valence-corrected chi connectivity index (χ0v) is 18.1. The van der Waals surface area contributed by atoms with Crippen molar-refractivity contribution in [3.05, 3.63) is 52.8 Å². The molecule has 1 aromatic carbocycles. The van der Waals surface area contributed by atoms with Gasteiger partial charge in [0.15, 0.2) is 0 Å². The summed E-state index contributed by atoms with van der Waals surface area (Å²) in [5.74, 6) is 0. The van der Waals surface area contributed by atoms with Gasteiger partial charge in [-0.1, -0.05) is 6.07 Å². The van der Waals surface area contributed by atoms with Gasteiger partial charge >= 0.3 is 6.03 Å². The van der Waals surface area contributed by atoms with Gasteiger partial charge in [0.05, 0.1) is 19.3 Å². The summed E-state index contributed by atoms with van der Waals surface area (Å²) in [7, 11) is 0. The maximum Gasteiger partial charge on any atom is 0.317 e. The number of ether oxygens (including phenoxy) is 1. The third kappa shape index (κ3) is 3.79. The first-order chi connectivity index (χ1) is 15.1. The minimum atomic E-state index is 0.00798. The predicted molar refractivity (Wildman–Crippen MR) is 121 cm³/mol. The third-order valence-electron chi connectivity index (χ3n) is 6.36. The molecule has 0 spiro atoms. The normalized spacial score (nSPS) is 18.8. The van der Waals surface area contributed by atoms with Crippen molar-refractivity contribution in [1.29, 1.82) is 0 Å². The van der Waals surface area contributed by atoms with E-state index in [9.17, 15) is 4.79 Å². The van der Waals surface area contributed by atoms with Crippen molar-refractivity contribution >= 4 is 17.1 Å². The molecule has 2 amide bonds. The van der Waals surface area contributed by atoms with Crippen LogP contribution in [-0.2, 0) is 17.7 Å². The molecule has 5 rings (SSSR count). The van der Waals surface area contributed by atoms with Crippen LogP contribution in [-0.4, -0.2) is 53.7 Å². The second-order valence-corrected chi connectivity index (χ2v) is 8.38. The number of pyridine rings is 1. The number of amides is 2. The Morgan fingerprint density at radius 3 is 3.03 bits per heavy atom. The number of benzene rings is 1. The van der Waals surface area contributed by atoms with Crippen molar-refractivity contribution in [1.82, 2.24) is 25.5 Å². The van der Waals surface area contributed by atoms with Crippen LogP contribution in [0, 0.1) is 6.92 Å². The van der Waals surface area contributed by atoms with Gasteiger partial charge in [0, 0.05) is 49.5 Å². The fraction of sp³-hybridized carbons (Fsp3) is 0.417. The van der Waals surface area contributed by atoms with E-state index in [1.165, 1.54) is 27.8 Å². The first kappa shape index (κ1) is 20.0. The number of aromatic amines is 1. The molecule has 2 aromatic heterocycles. The number of carbonyl (C=O) groups excluding carboxylic acids is 1. The van der Waals surface area contributed by atoms with Crippen molar-refractivity contribution in [2.24, 2.45) is 0 Å². The van der Waals surface area contributed by atoms with Gasteiger partial charge in [0.2, 0.25) is 0 Å². The van der Waals surface area contributed by atoms with E-state index in [0.717, 1.165) is 42.7 Å². The molecule has 1 fully saturated rings. The fourth-order valence-electron chi connectivity index (χ4n) is 4.67. The number of urea groups is 1. The predicted octanol–water partition coefficient (Wildman–Crippen LogP) is 3.29. The number of aromatic nitrogens is 2. The molecule has 0 bridgehead atoms. The number of nitrogens with one attached hydrogen (secondary N) is 3. The number of hydrogen-bond acceptors (Lipinski definition) is 4. The Morgan fingerprint density at radius 2 is 2.23 bits per heavy atom. The van der Waals surface area contributed by atoms with Crippen LogP contribution in [0.1, 0.15) is 35.2 Å². The molecule has 3 aromatic rings. The lowest BCUT2D eigenvalue weighted by molar-refractivity contribution is 0.0763. The summed E-state index contributed by atoms with van der Waals surface area (Å²) in [5.41, 5.74) is 8.18. The van der Waals surface area contributed by atoms with E-state index in [1.807, 2.05) is 24.2 Å². The van der Waals surface area contributed by atoms with Gasteiger partial charge in [-0.2, -0.15) is 0 Å². The summed E-state index contributed by atoms with van der Waals surface area (Å²) in [6, 6.07) is 6.89. The number of nitrogens with zero attached hydrogens (tertiary/aromatic N) is 2. The first-order valence-corrected chi connectivity index (χ1v) is 11.1. The Kier molecular flexibility index (Phi) is 5.38. The molecule has 2 aliphatic heterocycles. The van der Waals surface area contributed by atoms with Gasteiger partial charge in [0.25, 0.3) is 0 Å². The van der Waals surface area contributed by atoms with Gasteiger partial charge in [-0.15, -0.1) is 0 Å². The fourth-order valence-corrected chi connectivity index (χ4v) is 4.67. The first-order valence-electron chi connectivity index (χ1n) is 11.1. The minimum Gasteiger partial charge on any atom is -0.378 e. The summed E-state index contributed by atoms with van der Waals surface area (Å²) in [4.78, 5) is 22.2. The van der Waals surface area contributed by atoms with Crippen LogP contribution in [0.4, 0.5) is 4.79 Å². The maximum absolute atomic E-state index is 12.5. The zero-order chi connectivity index (χ0) is 21.4. The highest BCUT2D eigenvalue weighted by molar-refractivity contribution is 5.84. The van der Waals surface area contributed by atoms with Gasteiger partial charge in [-0.3, -0.25) is 0 Å². The summed E-state index contributed by atoms with van der Waals surface area (Å²) >= 11 is 0. The Labute approximate surface area is 182 Å². The molecule has 7 nitrogen and oxygen atoms in total. The van der Waals surface area contributed by atoms with Gasteiger partial charge < -0.3 is 25.3 Å². The van der Waals surface area contributed by atoms with Crippen molar-refractivity contribution in [2.45, 2.75) is 32.9 Å². The van der Waals surface area contributed by atoms with Crippen molar-refractivity contribution in [3.63, 3.8) is 0 Å². The largest absolute Gasteiger partial charge is 0.378 e. The Hall–Kier alpha value is -2.90. The summed E-state index contributed by atoms with van der Waals surface area (Å²) < 4.78 is 5.78. The van der Waals surface area contributed by atoms with Crippen molar-refractivity contribution in [2.75, 3.05) is 32.8 Å². The molecular formula is C24H29N5O2. The summed E-state index contributed by atoms with van der Waals surface area (Å²) in [5, 5.41) is 7.69. The van der Waals surface area contributed by atoms with E-state index in [4.69, 9.17) is 4.74 Å². The lowest BCUT2D eigenvalue weighted by atomic mass is 9.87. The molecular weight excluding hydrogens is 390 g/mol. The lowest BCUT2D eigenvalue weighted by Crippen LogP contribution is -2.43. The average molecular weight is 420 g/mol. The van der Waals surface area contributed by atoms with Crippen molar-refractivity contribution < 1.29 is 9.53 Å². The number of hydrogen-bond donors (Lipinski definition) is 3. The molecule has 0 unspecified atom stereocenters. The second kappa shape index (κ2) is 8.32. The molecule has 0 saturated carbocycles. The number of morpholine rings is 1. The lowest BCUT2D eigenvalue weighted by Gasteiger charge is -2.34. The van der Waals surface area contributed by atoms with Crippen LogP contribution >= 0.6 is 0 Å². The van der Waals surface area contributed by atoms with E-state index in [1.54, 1.807) is 0 Å². The Morgan fingerprint density at radius 1 is 1.32 bits per heavy atom. The maximum atomic E-state index is 12.5. The SMILES string of the molecule is CCNC(=O)N1CCc2cc(-c3cnc4[nH]cc(C)c4c3)cc([C@@H]3COCCN3)c2C1. The summed E-state index contributed by atoms with van der Waals surface area (Å²) in [6.45, 7) is 8.26. The minimum absolute atomic E-state index is 0.00798. The highest BCUT2D eigenvalue weighted by atomic mass is 16.5. The molecule has 0 radical (unpaired) electrons. The highest BCUT2D eigenvalue weighted by Gasteiger charge is 2.27. The van der Waals surface area contributed by atoms with Crippen LogP contribution in [0.2, 0.25) is 0 Å². The highest BCUT2D eigenvalue weighted by Crippen LogP contribution is 2.34. The quantitative estimate of drug-likeness (QED) is 0.608. The molecule has 3 N–H and O–H groups in total. The zero-order valence-electron chi connectivity index (χ0n) is 18.1. The number of carbonyl (C=O) groups is 1. The topological polar surface area (TPSA) is 82.3 Å². The van der Waals surface area contributed by atoms with Crippen LogP contribution in [0.25, 0.3) is 22.2 Å². The second-order valence-electron chi connectivity index (χ2n) is 8.38. The van der Waals surface area contributed by atoms with Crippen LogP contribution in [0.15, 0.2) is 30.6 Å². The number of fused-ring (bicyclic) bond motifs is 2. The van der Waals surface area contributed by atoms with Gasteiger partial charge in [0.1, 0.15) is 5.65 Å². The molecule has 4 heterocycles. The van der Waals surface area contributed by atoms with E-state index < -0.39 is 0 Å².